The molecule has 1 aliphatic carbocycles. The predicted octanol–water partition coefficient (Wildman–Crippen LogP) is 1.22. The Morgan fingerprint density at radius 1 is 1.40 bits per heavy atom. The van der Waals surface area contributed by atoms with Crippen molar-refractivity contribution in [3.8, 4) is 0 Å². The normalized spacial score (nSPS) is 32.0. The molecule has 1 saturated carbocycles. The summed E-state index contributed by atoms with van der Waals surface area (Å²) in [4.78, 5) is 2.56. The maximum atomic E-state index is 5.95. The Morgan fingerprint density at radius 2 is 2.13 bits per heavy atom. The van der Waals surface area contributed by atoms with Crippen molar-refractivity contribution in [2.45, 2.75) is 44.8 Å². The van der Waals surface area contributed by atoms with Crippen molar-refractivity contribution in [2.75, 3.05) is 26.2 Å². The minimum absolute atomic E-state index is 0.384. The van der Waals surface area contributed by atoms with Crippen molar-refractivity contribution < 1.29 is 4.74 Å². The Kier molecular flexibility index (Phi) is 4.00. The monoisotopic (exact) mass is 212 g/mol. The van der Waals surface area contributed by atoms with E-state index in [1.54, 1.807) is 0 Å². The number of morpholine rings is 1. The molecule has 1 heterocycles. The fourth-order valence-electron chi connectivity index (χ4n) is 3.13. The molecule has 88 valence electrons. The molecule has 0 bridgehead atoms. The standard InChI is InChI=1S/C12H24N2O/c1-10-9-14(6-7-15-10)12(8-13)11-4-2-3-5-11/h10-12H,2-9,13H2,1H3. The highest BCUT2D eigenvalue weighted by Gasteiger charge is 2.31. The van der Waals surface area contributed by atoms with Gasteiger partial charge >= 0.3 is 0 Å². The summed E-state index contributed by atoms with van der Waals surface area (Å²) in [5.74, 6) is 0.847. The molecular formula is C12H24N2O. The zero-order chi connectivity index (χ0) is 10.7. The summed E-state index contributed by atoms with van der Waals surface area (Å²) in [7, 11) is 0. The first-order chi connectivity index (χ1) is 7.31. The van der Waals surface area contributed by atoms with Gasteiger partial charge in [0.25, 0.3) is 0 Å². The number of hydrogen-bond donors (Lipinski definition) is 1. The average molecular weight is 212 g/mol. The van der Waals surface area contributed by atoms with Gasteiger partial charge in [-0.3, -0.25) is 4.90 Å². The van der Waals surface area contributed by atoms with Gasteiger partial charge < -0.3 is 10.5 Å². The second-order valence-corrected chi connectivity index (χ2v) is 5.02. The maximum absolute atomic E-state index is 5.95. The Morgan fingerprint density at radius 3 is 2.73 bits per heavy atom. The summed E-state index contributed by atoms with van der Waals surface area (Å²) < 4.78 is 5.58. The van der Waals surface area contributed by atoms with E-state index in [1.165, 1.54) is 25.7 Å². The van der Waals surface area contributed by atoms with E-state index in [2.05, 4.69) is 11.8 Å². The molecule has 2 N–H and O–H groups in total. The Labute approximate surface area is 93.0 Å². The van der Waals surface area contributed by atoms with Gasteiger partial charge in [0.2, 0.25) is 0 Å². The first-order valence-electron chi connectivity index (χ1n) is 6.37. The maximum Gasteiger partial charge on any atom is 0.0674 e. The van der Waals surface area contributed by atoms with Gasteiger partial charge in [-0.15, -0.1) is 0 Å². The molecule has 0 aromatic rings. The summed E-state index contributed by atoms with van der Waals surface area (Å²) in [6.45, 7) is 6.00. The van der Waals surface area contributed by atoms with Crippen molar-refractivity contribution in [3.63, 3.8) is 0 Å². The van der Waals surface area contributed by atoms with Crippen LogP contribution in [-0.2, 0) is 4.74 Å². The molecule has 2 aliphatic rings. The second-order valence-electron chi connectivity index (χ2n) is 5.02. The molecule has 2 fully saturated rings. The zero-order valence-electron chi connectivity index (χ0n) is 9.82. The van der Waals surface area contributed by atoms with E-state index in [4.69, 9.17) is 10.5 Å². The number of hydrogen-bond acceptors (Lipinski definition) is 3. The van der Waals surface area contributed by atoms with Crippen molar-refractivity contribution in [3.05, 3.63) is 0 Å². The van der Waals surface area contributed by atoms with Gasteiger partial charge in [0.1, 0.15) is 0 Å². The summed E-state index contributed by atoms with van der Waals surface area (Å²) >= 11 is 0. The quantitative estimate of drug-likeness (QED) is 0.764. The molecule has 2 atom stereocenters. The molecule has 0 aromatic carbocycles. The highest BCUT2D eigenvalue weighted by molar-refractivity contribution is 4.85. The van der Waals surface area contributed by atoms with Gasteiger partial charge in [-0.25, -0.2) is 0 Å². The fourth-order valence-corrected chi connectivity index (χ4v) is 3.13. The lowest BCUT2D eigenvalue weighted by atomic mass is 9.96. The van der Waals surface area contributed by atoms with Gasteiger partial charge in [0.15, 0.2) is 0 Å². The van der Waals surface area contributed by atoms with Crippen molar-refractivity contribution in [2.24, 2.45) is 11.7 Å². The lowest BCUT2D eigenvalue weighted by Gasteiger charge is -2.39. The zero-order valence-corrected chi connectivity index (χ0v) is 9.82. The van der Waals surface area contributed by atoms with Crippen LogP contribution in [0.3, 0.4) is 0 Å². The minimum atomic E-state index is 0.384. The number of rotatable bonds is 3. The molecule has 0 aromatic heterocycles. The number of ether oxygens (including phenoxy) is 1. The molecular weight excluding hydrogens is 188 g/mol. The van der Waals surface area contributed by atoms with E-state index in [-0.39, 0.29) is 0 Å². The molecule has 15 heavy (non-hydrogen) atoms. The van der Waals surface area contributed by atoms with E-state index >= 15 is 0 Å². The predicted molar refractivity (Wildman–Crippen MR) is 61.8 cm³/mol. The summed E-state index contributed by atoms with van der Waals surface area (Å²) in [5.41, 5.74) is 5.95. The van der Waals surface area contributed by atoms with Gasteiger partial charge in [-0.05, 0) is 25.7 Å². The lowest BCUT2D eigenvalue weighted by Crippen LogP contribution is -2.52. The summed E-state index contributed by atoms with van der Waals surface area (Å²) in [6.07, 6.45) is 5.96. The lowest BCUT2D eigenvalue weighted by molar-refractivity contribution is -0.0414. The van der Waals surface area contributed by atoms with Crippen LogP contribution >= 0.6 is 0 Å². The van der Waals surface area contributed by atoms with Gasteiger partial charge in [0, 0.05) is 25.7 Å². The molecule has 2 unspecified atom stereocenters. The van der Waals surface area contributed by atoms with E-state index in [9.17, 15) is 0 Å². The first-order valence-corrected chi connectivity index (χ1v) is 6.37. The smallest absolute Gasteiger partial charge is 0.0674 e. The Balaban J connectivity index is 1.92. The molecule has 2 rings (SSSR count). The molecule has 3 heteroatoms. The van der Waals surface area contributed by atoms with Crippen LogP contribution in [0.5, 0.6) is 0 Å². The largest absolute Gasteiger partial charge is 0.376 e. The van der Waals surface area contributed by atoms with Crippen LogP contribution in [0.2, 0.25) is 0 Å². The van der Waals surface area contributed by atoms with E-state index in [0.29, 0.717) is 12.1 Å². The van der Waals surface area contributed by atoms with Crippen LogP contribution in [0.25, 0.3) is 0 Å². The van der Waals surface area contributed by atoms with E-state index < -0.39 is 0 Å². The van der Waals surface area contributed by atoms with E-state index in [0.717, 1.165) is 32.2 Å². The third-order valence-electron chi connectivity index (χ3n) is 3.93. The SMILES string of the molecule is CC1CN(C(CN)C2CCCC2)CCO1. The average Bonchev–Trinajstić information content (AvgIpc) is 2.72. The van der Waals surface area contributed by atoms with Crippen LogP contribution in [0, 0.1) is 5.92 Å². The number of nitrogens with two attached hydrogens (primary N) is 1. The topological polar surface area (TPSA) is 38.5 Å². The molecule has 1 saturated heterocycles. The molecule has 1 aliphatic heterocycles. The Bertz CT molecular complexity index is 192. The Hall–Kier alpha value is -0.120. The van der Waals surface area contributed by atoms with Crippen LogP contribution < -0.4 is 5.73 Å². The van der Waals surface area contributed by atoms with Crippen LogP contribution in [0.1, 0.15) is 32.6 Å². The third kappa shape index (κ3) is 2.71. The molecule has 0 radical (unpaired) electrons. The van der Waals surface area contributed by atoms with Crippen LogP contribution in [0.15, 0.2) is 0 Å². The second kappa shape index (κ2) is 5.28. The van der Waals surface area contributed by atoms with Gasteiger partial charge in [-0.2, -0.15) is 0 Å². The van der Waals surface area contributed by atoms with Crippen molar-refractivity contribution in [1.29, 1.82) is 0 Å². The summed E-state index contributed by atoms with van der Waals surface area (Å²) in [6, 6.07) is 0.610. The number of nitrogens with zero attached hydrogens (tertiary/aromatic N) is 1. The van der Waals surface area contributed by atoms with Crippen LogP contribution in [0.4, 0.5) is 0 Å². The van der Waals surface area contributed by atoms with Crippen molar-refractivity contribution in [1.82, 2.24) is 4.90 Å². The first kappa shape index (κ1) is 11.4. The van der Waals surface area contributed by atoms with Gasteiger partial charge in [0.05, 0.1) is 12.7 Å². The van der Waals surface area contributed by atoms with Gasteiger partial charge in [-0.1, -0.05) is 12.8 Å². The van der Waals surface area contributed by atoms with Crippen LogP contribution in [-0.4, -0.2) is 43.3 Å². The summed E-state index contributed by atoms with van der Waals surface area (Å²) in [5, 5.41) is 0. The molecule has 3 nitrogen and oxygen atoms in total. The highest BCUT2D eigenvalue weighted by Crippen LogP contribution is 2.30. The minimum Gasteiger partial charge on any atom is -0.376 e. The highest BCUT2D eigenvalue weighted by atomic mass is 16.5. The fraction of sp³-hybridized carbons (Fsp3) is 1.00. The molecule has 0 amide bonds. The molecule has 0 spiro atoms. The van der Waals surface area contributed by atoms with Crippen molar-refractivity contribution >= 4 is 0 Å². The van der Waals surface area contributed by atoms with E-state index in [1.807, 2.05) is 0 Å². The third-order valence-corrected chi connectivity index (χ3v) is 3.93.